The maximum Gasteiger partial charge on any atom is 0.261 e. The highest BCUT2D eigenvalue weighted by Gasteiger charge is 2.05. The highest BCUT2D eigenvalue weighted by Crippen LogP contribution is 2.25. The van der Waals surface area contributed by atoms with Crippen LogP contribution in [-0.4, -0.2) is 32.0 Å². The van der Waals surface area contributed by atoms with Crippen LogP contribution >= 0.6 is 0 Å². The molecule has 22 heavy (non-hydrogen) atoms. The van der Waals surface area contributed by atoms with Crippen LogP contribution in [0.3, 0.4) is 0 Å². The van der Waals surface area contributed by atoms with E-state index in [2.05, 4.69) is 20.6 Å². The highest BCUT2D eigenvalue weighted by molar-refractivity contribution is 6.02. The fourth-order valence-corrected chi connectivity index (χ4v) is 2.09. The van der Waals surface area contributed by atoms with E-state index in [1.165, 1.54) is 23.6 Å². The molecule has 7 nitrogen and oxygen atoms in total. The summed E-state index contributed by atoms with van der Waals surface area (Å²) in [7, 11) is 0. The molecule has 0 unspecified atom stereocenters. The zero-order valence-electron chi connectivity index (χ0n) is 11.5. The van der Waals surface area contributed by atoms with Crippen molar-refractivity contribution in [2.75, 3.05) is 0 Å². The summed E-state index contributed by atoms with van der Waals surface area (Å²) < 4.78 is 1.39. The Morgan fingerprint density at radius 2 is 2.18 bits per heavy atom. The van der Waals surface area contributed by atoms with E-state index >= 15 is 0 Å². The van der Waals surface area contributed by atoms with E-state index in [4.69, 9.17) is 0 Å². The number of aromatic hydroxyl groups is 1. The smallest absolute Gasteiger partial charge is 0.261 e. The Hall–Kier alpha value is -3.22. The molecule has 3 aromatic rings. The summed E-state index contributed by atoms with van der Waals surface area (Å²) in [4.78, 5) is 15.4. The van der Waals surface area contributed by atoms with Gasteiger partial charge in [-0.1, -0.05) is 30.3 Å². The normalized spacial score (nSPS) is 11.1. The van der Waals surface area contributed by atoms with Gasteiger partial charge in [0, 0.05) is 5.56 Å². The van der Waals surface area contributed by atoms with Crippen molar-refractivity contribution in [3.05, 3.63) is 54.6 Å². The minimum absolute atomic E-state index is 0.0266. The Bertz CT molecular complexity index is 827. The Kier molecular flexibility index (Phi) is 3.78. The number of phenols is 1. The first-order valence-electron chi connectivity index (χ1n) is 6.59. The van der Waals surface area contributed by atoms with Gasteiger partial charge in [0.2, 0.25) is 0 Å². The number of aromatic nitrogens is 3. The number of fused-ring (bicyclic) bond motifs is 1. The largest absolute Gasteiger partial charge is 0.507 e. The van der Waals surface area contributed by atoms with Crippen molar-refractivity contribution in [1.29, 1.82) is 0 Å². The van der Waals surface area contributed by atoms with Crippen LogP contribution in [0.15, 0.2) is 54.2 Å². The van der Waals surface area contributed by atoms with Crippen molar-refractivity contribution < 1.29 is 9.90 Å². The van der Waals surface area contributed by atoms with Gasteiger partial charge in [-0.05, 0) is 16.8 Å². The van der Waals surface area contributed by atoms with Gasteiger partial charge in [0.15, 0.2) is 0 Å². The van der Waals surface area contributed by atoms with E-state index in [-0.39, 0.29) is 18.2 Å². The number of phenolic OH excluding ortho intramolecular Hbond substituents is 1. The zero-order chi connectivity index (χ0) is 15.4. The number of carbonyl (C=O) groups is 1. The number of carbonyl (C=O) groups excluding carboxylic acids is 1. The van der Waals surface area contributed by atoms with Gasteiger partial charge < -0.3 is 5.11 Å². The predicted octanol–water partition coefficient (Wildman–Crippen LogP) is 1.29. The monoisotopic (exact) mass is 295 g/mol. The lowest BCUT2D eigenvalue weighted by Crippen LogP contribution is -2.23. The van der Waals surface area contributed by atoms with Crippen molar-refractivity contribution in [1.82, 2.24) is 20.2 Å². The Balaban J connectivity index is 1.75. The Morgan fingerprint density at radius 3 is 3.00 bits per heavy atom. The van der Waals surface area contributed by atoms with Crippen LogP contribution in [0.4, 0.5) is 0 Å². The van der Waals surface area contributed by atoms with E-state index in [9.17, 15) is 9.90 Å². The van der Waals surface area contributed by atoms with Crippen LogP contribution in [0, 0.1) is 0 Å². The minimum atomic E-state index is -0.332. The van der Waals surface area contributed by atoms with Gasteiger partial charge >= 0.3 is 0 Å². The Morgan fingerprint density at radius 1 is 1.32 bits per heavy atom. The van der Waals surface area contributed by atoms with Gasteiger partial charge in [-0.3, -0.25) is 4.79 Å². The lowest BCUT2D eigenvalue weighted by molar-refractivity contribution is -0.121. The van der Waals surface area contributed by atoms with Crippen molar-refractivity contribution in [3.8, 4) is 5.75 Å². The molecule has 1 amide bonds. The molecule has 0 fully saturated rings. The van der Waals surface area contributed by atoms with Gasteiger partial charge in [-0.25, -0.2) is 15.1 Å². The molecule has 1 heterocycles. The summed E-state index contributed by atoms with van der Waals surface area (Å²) in [6.07, 6.45) is 4.22. The van der Waals surface area contributed by atoms with Crippen LogP contribution in [0.2, 0.25) is 0 Å². The third kappa shape index (κ3) is 2.93. The summed E-state index contributed by atoms with van der Waals surface area (Å²) in [6.45, 7) is 0.0266. The molecular weight excluding hydrogens is 282 g/mol. The maximum absolute atomic E-state index is 11.7. The predicted molar refractivity (Wildman–Crippen MR) is 81.4 cm³/mol. The van der Waals surface area contributed by atoms with Crippen LogP contribution in [0.1, 0.15) is 5.56 Å². The average Bonchev–Trinajstić information content (AvgIpc) is 3.02. The fourth-order valence-electron chi connectivity index (χ4n) is 2.09. The summed E-state index contributed by atoms with van der Waals surface area (Å²) >= 11 is 0. The lowest BCUT2D eigenvalue weighted by Gasteiger charge is -2.04. The molecule has 0 saturated carbocycles. The average molecular weight is 295 g/mol. The molecule has 2 N–H and O–H groups in total. The van der Waals surface area contributed by atoms with Crippen molar-refractivity contribution >= 4 is 22.9 Å². The number of amides is 1. The zero-order valence-corrected chi connectivity index (χ0v) is 11.5. The first-order chi connectivity index (χ1) is 10.7. The van der Waals surface area contributed by atoms with Gasteiger partial charge in [-0.15, -0.1) is 0 Å². The van der Waals surface area contributed by atoms with Gasteiger partial charge in [0.25, 0.3) is 5.91 Å². The van der Waals surface area contributed by atoms with E-state index in [1.54, 1.807) is 6.07 Å². The quantitative estimate of drug-likeness (QED) is 0.560. The summed E-state index contributed by atoms with van der Waals surface area (Å²) in [5.41, 5.74) is 2.95. The van der Waals surface area contributed by atoms with Crippen molar-refractivity contribution in [3.63, 3.8) is 0 Å². The molecule has 0 aliphatic heterocycles. The lowest BCUT2D eigenvalue weighted by atomic mass is 10.0. The highest BCUT2D eigenvalue weighted by atomic mass is 16.3. The fraction of sp³-hybridized carbons (Fsp3) is 0.0667. The molecule has 7 heteroatoms. The summed E-state index contributed by atoms with van der Waals surface area (Å²) in [6, 6.07) is 11.0. The SMILES string of the molecule is O=C(Cn1cncn1)NN=Cc1c(O)ccc2ccccc12. The number of hydrazone groups is 1. The third-order valence-corrected chi connectivity index (χ3v) is 3.10. The molecule has 3 rings (SSSR count). The van der Waals surface area contributed by atoms with Crippen LogP contribution < -0.4 is 5.43 Å². The topological polar surface area (TPSA) is 92.4 Å². The standard InChI is InChI=1S/C15H13N5O2/c21-14-6-5-11-3-1-2-4-12(11)13(14)7-17-19-15(22)8-20-10-16-9-18-20/h1-7,9-10,21H,8H2,(H,19,22). The molecule has 0 aliphatic carbocycles. The molecule has 0 spiro atoms. The molecule has 0 atom stereocenters. The van der Waals surface area contributed by atoms with Crippen LogP contribution in [0.25, 0.3) is 10.8 Å². The first-order valence-corrected chi connectivity index (χ1v) is 6.59. The molecule has 0 aliphatic rings. The minimum Gasteiger partial charge on any atom is -0.507 e. The van der Waals surface area contributed by atoms with Gasteiger partial charge in [0.1, 0.15) is 24.9 Å². The van der Waals surface area contributed by atoms with E-state index in [0.29, 0.717) is 5.56 Å². The van der Waals surface area contributed by atoms with E-state index in [1.807, 2.05) is 30.3 Å². The summed E-state index contributed by atoms with van der Waals surface area (Å²) in [5, 5.41) is 19.5. The number of hydrogen-bond acceptors (Lipinski definition) is 5. The number of nitrogens with one attached hydrogen (secondary N) is 1. The number of hydrogen-bond donors (Lipinski definition) is 2. The Labute approximate surface area is 125 Å². The summed E-state index contributed by atoms with van der Waals surface area (Å²) in [5.74, 6) is -0.227. The van der Waals surface area contributed by atoms with Crippen LogP contribution in [0.5, 0.6) is 5.75 Å². The van der Waals surface area contributed by atoms with Gasteiger partial charge in [-0.2, -0.15) is 10.2 Å². The first kappa shape index (κ1) is 13.7. The maximum atomic E-state index is 11.7. The second kappa shape index (κ2) is 6.04. The molecule has 0 bridgehead atoms. The third-order valence-electron chi connectivity index (χ3n) is 3.10. The molecule has 110 valence electrons. The van der Waals surface area contributed by atoms with Gasteiger partial charge in [0.05, 0.1) is 6.21 Å². The number of benzene rings is 2. The van der Waals surface area contributed by atoms with Crippen LogP contribution in [-0.2, 0) is 11.3 Å². The number of nitrogens with zero attached hydrogens (tertiary/aromatic N) is 4. The second-order valence-electron chi connectivity index (χ2n) is 4.61. The molecule has 0 radical (unpaired) electrons. The second-order valence-corrected chi connectivity index (χ2v) is 4.61. The van der Waals surface area contributed by atoms with E-state index < -0.39 is 0 Å². The van der Waals surface area contributed by atoms with E-state index in [0.717, 1.165) is 10.8 Å². The molecule has 2 aromatic carbocycles. The number of rotatable bonds is 4. The molecule has 1 aromatic heterocycles. The van der Waals surface area contributed by atoms with Crippen molar-refractivity contribution in [2.24, 2.45) is 5.10 Å². The molecule has 0 saturated heterocycles. The van der Waals surface area contributed by atoms with Crippen molar-refractivity contribution in [2.45, 2.75) is 6.54 Å². The molecular formula is C15H13N5O2.